The van der Waals surface area contributed by atoms with Gasteiger partial charge in [0, 0.05) is 43.2 Å². The van der Waals surface area contributed by atoms with Crippen LogP contribution in [-0.2, 0) is 0 Å². The average Bonchev–Trinajstić information content (AvgIpc) is 3.43. The predicted molar refractivity (Wildman–Crippen MR) is 103 cm³/mol. The maximum atomic E-state index is 12.6. The van der Waals surface area contributed by atoms with Crippen LogP contribution in [0.2, 0.25) is 0 Å². The molecule has 0 spiro atoms. The smallest absolute Gasteiger partial charge is 0.289 e. The minimum Gasteiger partial charge on any atom is -0.459 e. The molecule has 0 unspecified atom stereocenters. The Labute approximate surface area is 161 Å². The number of pyridine rings is 2. The third kappa shape index (κ3) is 3.05. The van der Waals surface area contributed by atoms with E-state index in [-0.39, 0.29) is 11.8 Å². The summed E-state index contributed by atoms with van der Waals surface area (Å²) in [4.78, 5) is 23.2. The summed E-state index contributed by atoms with van der Waals surface area (Å²) in [5.41, 5.74) is 2.95. The minimum absolute atomic E-state index is 0.0709. The molecular weight excluding hydrogens is 354 g/mol. The van der Waals surface area contributed by atoms with Crippen molar-refractivity contribution in [2.24, 2.45) is 0 Å². The lowest BCUT2D eigenvalue weighted by atomic mass is 9.97. The molecule has 5 heterocycles. The van der Waals surface area contributed by atoms with Gasteiger partial charge in [0.1, 0.15) is 0 Å². The number of carbonyl (C=O) groups is 1. The maximum absolute atomic E-state index is 12.6. The molecule has 4 aromatic rings. The number of piperidine rings is 1. The van der Waals surface area contributed by atoms with E-state index in [4.69, 9.17) is 14.5 Å². The Kier molecular flexibility index (Phi) is 4.12. The van der Waals surface area contributed by atoms with Gasteiger partial charge in [0.25, 0.3) is 5.91 Å². The van der Waals surface area contributed by atoms with Crippen molar-refractivity contribution in [2.45, 2.75) is 18.8 Å². The van der Waals surface area contributed by atoms with Gasteiger partial charge in [0.05, 0.1) is 6.26 Å². The Hall–Kier alpha value is -3.48. The highest BCUT2D eigenvalue weighted by Crippen LogP contribution is 2.27. The summed E-state index contributed by atoms with van der Waals surface area (Å²) >= 11 is 0. The quantitative estimate of drug-likeness (QED) is 0.550. The van der Waals surface area contributed by atoms with Crippen molar-refractivity contribution in [3.05, 3.63) is 72.8 Å². The van der Waals surface area contributed by atoms with Crippen molar-refractivity contribution >= 4 is 11.6 Å². The summed E-state index contributed by atoms with van der Waals surface area (Å²) < 4.78 is 7.08. The first-order valence-corrected chi connectivity index (χ1v) is 9.37. The maximum Gasteiger partial charge on any atom is 0.289 e. The van der Waals surface area contributed by atoms with E-state index in [0.717, 1.165) is 42.0 Å². The Morgan fingerprint density at radius 2 is 2.00 bits per heavy atom. The lowest BCUT2D eigenvalue weighted by molar-refractivity contribution is 0.0672. The van der Waals surface area contributed by atoms with Crippen LogP contribution >= 0.6 is 0 Å². The molecule has 0 aliphatic carbocycles. The Morgan fingerprint density at radius 1 is 1.11 bits per heavy atom. The van der Waals surface area contributed by atoms with Gasteiger partial charge in [-0.2, -0.15) is 5.10 Å². The molecule has 7 heteroatoms. The van der Waals surface area contributed by atoms with Gasteiger partial charge in [-0.3, -0.25) is 9.78 Å². The van der Waals surface area contributed by atoms with Crippen molar-refractivity contribution in [3.8, 4) is 11.1 Å². The second kappa shape index (κ2) is 6.92. The number of hydrogen-bond acceptors (Lipinski definition) is 5. The zero-order valence-corrected chi connectivity index (χ0v) is 15.2. The standard InChI is InChI=1S/C21H19N5O2/c27-21(18-4-2-12-28-18)25-11-1-3-17(13-25)20-23-19-6-5-16(14-26(19)24-20)15-7-9-22-10-8-15/h2,4-10,12,14,17H,1,3,11,13H2/t17-/m0/s1. The highest BCUT2D eigenvalue weighted by atomic mass is 16.3. The fraction of sp³-hybridized carbons (Fsp3) is 0.238. The van der Waals surface area contributed by atoms with Gasteiger partial charge in [0.2, 0.25) is 0 Å². The lowest BCUT2D eigenvalue weighted by Crippen LogP contribution is -2.39. The first kappa shape index (κ1) is 16.7. The molecule has 28 heavy (non-hydrogen) atoms. The Morgan fingerprint density at radius 3 is 2.82 bits per heavy atom. The number of furan rings is 1. The number of nitrogens with zero attached hydrogens (tertiary/aromatic N) is 5. The van der Waals surface area contributed by atoms with Crippen molar-refractivity contribution in [1.82, 2.24) is 24.5 Å². The van der Waals surface area contributed by atoms with E-state index in [9.17, 15) is 4.79 Å². The van der Waals surface area contributed by atoms with Crippen LogP contribution in [0.25, 0.3) is 16.8 Å². The molecule has 1 fully saturated rings. The summed E-state index contributed by atoms with van der Waals surface area (Å²) in [6.07, 6.45) is 8.96. The molecule has 1 saturated heterocycles. The SMILES string of the molecule is O=C(c1ccco1)N1CCC[C@H](c2nc3ccc(-c4ccncc4)cn3n2)C1. The fourth-order valence-electron chi connectivity index (χ4n) is 3.72. The monoisotopic (exact) mass is 373 g/mol. The predicted octanol–water partition coefficient (Wildman–Crippen LogP) is 3.40. The number of hydrogen-bond donors (Lipinski definition) is 0. The molecule has 1 aliphatic rings. The largest absolute Gasteiger partial charge is 0.459 e. The number of rotatable bonds is 3. The van der Waals surface area contributed by atoms with Crippen LogP contribution in [0.3, 0.4) is 0 Å². The molecule has 0 bridgehead atoms. The van der Waals surface area contributed by atoms with Gasteiger partial charge in [-0.25, -0.2) is 9.50 Å². The van der Waals surface area contributed by atoms with E-state index in [1.165, 1.54) is 6.26 Å². The normalized spacial score (nSPS) is 17.1. The van der Waals surface area contributed by atoms with E-state index in [1.807, 2.05) is 39.9 Å². The van der Waals surface area contributed by atoms with Crippen LogP contribution in [0.5, 0.6) is 0 Å². The minimum atomic E-state index is -0.0709. The summed E-state index contributed by atoms with van der Waals surface area (Å²) in [5, 5.41) is 4.71. The summed E-state index contributed by atoms with van der Waals surface area (Å²) in [6.45, 7) is 1.34. The van der Waals surface area contributed by atoms with Crippen LogP contribution in [0, 0.1) is 0 Å². The molecule has 0 N–H and O–H groups in total. The van der Waals surface area contributed by atoms with Gasteiger partial charge in [-0.15, -0.1) is 0 Å². The Balaban J connectivity index is 1.40. The molecule has 1 amide bonds. The number of amides is 1. The van der Waals surface area contributed by atoms with Crippen LogP contribution in [0.4, 0.5) is 0 Å². The first-order valence-electron chi connectivity index (χ1n) is 9.37. The van der Waals surface area contributed by atoms with Crippen molar-refractivity contribution in [2.75, 3.05) is 13.1 Å². The topological polar surface area (TPSA) is 76.5 Å². The summed E-state index contributed by atoms with van der Waals surface area (Å²) in [5.74, 6) is 1.21. The molecule has 0 saturated carbocycles. The van der Waals surface area contributed by atoms with Crippen molar-refractivity contribution in [1.29, 1.82) is 0 Å². The number of aromatic nitrogens is 4. The third-order valence-electron chi connectivity index (χ3n) is 5.17. The van der Waals surface area contributed by atoms with Gasteiger partial charge >= 0.3 is 0 Å². The molecule has 7 nitrogen and oxygen atoms in total. The second-order valence-corrected chi connectivity index (χ2v) is 6.99. The number of carbonyl (C=O) groups excluding carboxylic acids is 1. The second-order valence-electron chi connectivity index (χ2n) is 6.99. The molecule has 0 aromatic carbocycles. The summed E-state index contributed by atoms with van der Waals surface area (Å²) in [6, 6.07) is 11.4. The molecule has 1 aliphatic heterocycles. The van der Waals surface area contributed by atoms with Crippen LogP contribution < -0.4 is 0 Å². The van der Waals surface area contributed by atoms with E-state index >= 15 is 0 Å². The summed E-state index contributed by atoms with van der Waals surface area (Å²) in [7, 11) is 0. The van der Waals surface area contributed by atoms with E-state index in [0.29, 0.717) is 12.3 Å². The van der Waals surface area contributed by atoms with E-state index < -0.39 is 0 Å². The number of likely N-dealkylation sites (tertiary alicyclic amines) is 1. The van der Waals surface area contributed by atoms with Gasteiger partial charge in [0.15, 0.2) is 17.2 Å². The molecule has 140 valence electrons. The van der Waals surface area contributed by atoms with Gasteiger partial charge < -0.3 is 9.32 Å². The number of fused-ring (bicyclic) bond motifs is 1. The van der Waals surface area contributed by atoms with E-state index in [1.54, 1.807) is 24.5 Å². The van der Waals surface area contributed by atoms with Crippen LogP contribution in [-0.4, -0.2) is 43.5 Å². The fourth-order valence-corrected chi connectivity index (χ4v) is 3.72. The first-order chi connectivity index (χ1) is 13.8. The van der Waals surface area contributed by atoms with E-state index in [2.05, 4.69) is 4.98 Å². The zero-order valence-electron chi connectivity index (χ0n) is 15.2. The van der Waals surface area contributed by atoms with Crippen LogP contribution in [0.15, 0.2) is 65.7 Å². The van der Waals surface area contributed by atoms with Crippen LogP contribution in [0.1, 0.15) is 35.1 Å². The highest BCUT2D eigenvalue weighted by molar-refractivity contribution is 5.91. The Bertz CT molecular complexity index is 1100. The molecule has 0 radical (unpaired) electrons. The van der Waals surface area contributed by atoms with Crippen molar-refractivity contribution < 1.29 is 9.21 Å². The third-order valence-corrected chi connectivity index (χ3v) is 5.17. The highest BCUT2D eigenvalue weighted by Gasteiger charge is 2.29. The molecule has 1 atom stereocenters. The zero-order chi connectivity index (χ0) is 18.9. The molecule has 4 aromatic heterocycles. The van der Waals surface area contributed by atoms with Gasteiger partial charge in [-0.1, -0.05) is 0 Å². The van der Waals surface area contributed by atoms with Crippen molar-refractivity contribution in [3.63, 3.8) is 0 Å². The van der Waals surface area contributed by atoms with Gasteiger partial charge in [-0.05, 0) is 54.8 Å². The molecular formula is C21H19N5O2. The molecule has 5 rings (SSSR count). The average molecular weight is 373 g/mol. The lowest BCUT2D eigenvalue weighted by Gasteiger charge is -2.30.